The van der Waals surface area contributed by atoms with E-state index in [1.165, 1.54) is 24.6 Å². The van der Waals surface area contributed by atoms with Crippen LogP contribution >= 0.6 is 0 Å². The Kier molecular flexibility index (Phi) is 5.92. The van der Waals surface area contributed by atoms with E-state index in [0.29, 0.717) is 6.73 Å². The first kappa shape index (κ1) is 14.4. The van der Waals surface area contributed by atoms with Gasteiger partial charge in [-0.05, 0) is 18.9 Å². The number of aryl methyl sites for hydroxylation is 1. The molecule has 98 valence electrons. The van der Waals surface area contributed by atoms with Crippen molar-refractivity contribution in [3.05, 3.63) is 18.2 Å². The molecule has 0 saturated carbocycles. The molecule has 17 heavy (non-hydrogen) atoms. The first-order chi connectivity index (χ1) is 8.03. The van der Waals surface area contributed by atoms with Crippen LogP contribution in [0.4, 0.5) is 0 Å². The third kappa shape index (κ3) is 6.03. The lowest BCUT2D eigenvalue weighted by molar-refractivity contribution is 0.0852. The second-order valence-corrected chi connectivity index (χ2v) is 11.4. The van der Waals surface area contributed by atoms with Crippen LogP contribution in [0, 0.1) is 0 Å². The Labute approximate surface area is 106 Å². The first-order valence-corrected chi connectivity index (χ1v) is 10.3. The average molecular weight is 254 g/mol. The number of unbranched alkanes of at least 4 members (excludes halogenated alkanes) is 1. The molecule has 1 rings (SSSR count). The van der Waals surface area contributed by atoms with E-state index in [1.54, 1.807) is 0 Å². The summed E-state index contributed by atoms with van der Waals surface area (Å²) in [6.07, 6.45) is 7.38. The van der Waals surface area contributed by atoms with Crippen LogP contribution in [-0.2, 0) is 17.9 Å². The van der Waals surface area contributed by atoms with Gasteiger partial charge in [-0.15, -0.1) is 0 Å². The normalized spacial score (nSPS) is 12.0. The Morgan fingerprint density at radius 1 is 1.35 bits per heavy atom. The van der Waals surface area contributed by atoms with Gasteiger partial charge in [0.25, 0.3) is 0 Å². The molecule has 0 aliphatic rings. The van der Waals surface area contributed by atoms with Crippen LogP contribution in [0.2, 0.25) is 25.7 Å². The van der Waals surface area contributed by atoms with Gasteiger partial charge in [-0.2, -0.15) is 0 Å². The molecule has 0 atom stereocenters. The van der Waals surface area contributed by atoms with Crippen molar-refractivity contribution in [2.24, 2.45) is 0 Å². The maximum Gasteiger partial charge on any atom is 0.123 e. The summed E-state index contributed by atoms with van der Waals surface area (Å²) in [5.41, 5.74) is 1.29. The fourth-order valence-electron chi connectivity index (χ4n) is 1.57. The van der Waals surface area contributed by atoms with Gasteiger partial charge in [0.05, 0.1) is 6.33 Å². The monoisotopic (exact) mass is 254 g/mol. The van der Waals surface area contributed by atoms with Crippen molar-refractivity contribution in [1.29, 1.82) is 0 Å². The molecule has 0 bridgehead atoms. The Morgan fingerprint density at radius 3 is 2.76 bits per heavy atom. The predicted molar refractivity (Wildman–Crippen MR) is 74.9 cm³/mol. The summed E-state index contributed by atoms with van der Waals surface area (Å²) in [5, 5.41) is 0. The predicted octanol–water partition coefficient (Wildman–Crippen LogP) is 3.54. The van der Waals surface area contributed by atoms with Gasteiger partial charge in [0.15, 0.2) is 0 Å². The van der Waals surface area contributed by atoms with Crippen molar-refractivity contribution in [3.63, 3.8) is 0 Å². The average Bonchev–Trinajstić information content (AvgIpc) is 2.67. The van der Waals surface area contributed by atoms with Gasteiger partial charge < -0.3 is 9.30 Å². The van der Waals surface area contributed by atoms with Gasteiger partial charge in [-0.3, -0.25) is 0 Å². The van der Waals surface area contributed by atoms with Crippen molar-refractivity contribution < 1.29 is 4.74 Å². The fourth-order valence-corrected chi connectivity index (χ4v) is 2.33. The minimum Gasteiger partial charge on any atom is -0.361 e. The summed E-state index contributed by atoms with van der Waals surface area (Å²) in [7, 11) is -0.964. The number of imidazole rings is 1. The first-order valence-electron chi connectivity index (χ1n) is 6.59. The van der Waals surface area contributed by atoms with Crippen LogP contribution in [-0.4, -0.2) is 24.2 Å². The van der Waals surface area contributed by atoms with E-state index in [4.69, 9.17) is 4.74 Å². The largest absolute Gasteiger partial charge is 0.361 e. The zero-order valence-corrected chi connectivity index (χ0v) is 12.7. The number of nitrogens with zero attached hydrogens (tertiary/aromatic N) is 2. The second-order valence-electron chi connectivity index (χ2n) is 5.81. The van der Waals surface area contributed by atoms with E-state index < -0.39 is 8.07 Å². The maximum absolute atomic E-state index is 5.73. The molecule has 0 saturated heterocycles. The summed E-state index contributed by atoms with van der Waals surface area (Å²) >= 11 is 0. The van der Waals surface area contributed by atoms with Crippen molar-refractivity contribution in [2.45, 2.75) is 58.6 Å². The van der Waals surface area contributed by atoms with Gasteiger partial charge in [0, 0.05) is 26.6 Å². The van der Waals surface area contributed by atoms with Gasteiger partial charge in [0.1, 0.15) is 6.73 Å². The van der Waals surface area contributed by atoms with Crippen LogP contribution in [0.25, 0.3) is 0 Å². The minimum absolute atomic E-state index is 0.656. The summed E-state index contributed by atoms with van der Waals surface area (Å²) in [6.45, 7) is 10.9. The molecule has 0 N–H and O–H groups in total. The molecule has 1 aromatic rings. The summed E-state index contributed by atoms with van der Waals surface area (Å²) in [4.78, 5) is 4.19. The number of aromatic nitrogens is 2. The smallest absolute Gasteiger partial charge is 0.123 e. The molecule has 0 radical (unpaired) electrons. The molecular weight excluding hydrogens is 228 g/mol. The van der Waals surface area contributed by atoms with Crippen LogP contribution in [0.15, 0.2) is 12.5 Å². The number of hydrogen-bond acceptors (Lipinski definition) is 2. The highest BCUT2D eigenvalue weighted by Crippen LogP contribution is 2.09. The molecule has 1 aromatic heterocycles. The Hall–Kier alpha value is -0.613. The molecule has 0 aromatic carbocycles. The highest BCUT2D eigenvalue weighted by molar-refractivity contribution is 6.76. The SMILES string of the molecule is CCCCc1cncn1COCC[Si](C)(C)C. The third-order valence-corrected chi connectivity index (χ3v) is 4.52. The van der Waals surface area contributed by atoms with Crippen LogP contribution in [0.1, 0.15) is 25.5 Å². The van der Waals surface area contributed by atoms with E-state index in [1.807, 2.05) is 12.5 Å². The summed E-state index contributed by atoms with van der Waals surface area (Å²) < 4.78 is 7.86. The molecule has 0 fully saturated rings. The highest BCUT2D eigenvalue weighted by Gasteiger charge is 2.12. The van der Waals surface area contributed by atoms with Crippen molar-refractivity contribution in [3.8, 4) is 0 Å². The molecule has 0 aliphatic carbocycles. The van der Waals surface area contributed by atoms with Crippen molar-refractivity contribution in [1.82, 2.24) is 9.55 Å². The van der Waals surface area contributed by atoms with Crippen molar-refractivity contribution >= 4 is 8.07 Å². The molecule has 0 spiro atoms. The van der Waals surface area contributed by atoms with Gasteiger partial charge >= 0.3 is 0 Å². The van der Waals surface area contributed by atoms with Gasteiger partial charge in [0.2, 0.25) is 0 Å². The summed E-state index contributed by atoms with van der Waals surface area (Å²) in [5.74, 6) is 0. The Morgan fingerprint density at radius 2 is 2.12 bits per heavy atom. The zero-order chi connectivity index (χ0) is 12.7. The van der Waals surface area contributed by atoms with Gasteiger partial charge in [-0.25, -0.2) is 4.98 Å². The minimum atomic E-state index is -0.964. The lowest BCUT2D eigenvalue weighted by Gasteiger charge is -2.16. The lowest BCUT2D eigenvalue weighted by Crippen LogP contribution is -2.22. The second kappa shape index (κ2) is 6.96. The van der Waals surface area contributed by atoms with Crippen molar-refractivity contribution in [2.75, 3.05) is 6.61 Å². The molecule has 3 nitrogen and oxygen atoms in total. The molecule has 0 aliphatic heterocycles. The maximum atomic E-state index is 5.73. The zero-order valence-electron chi connectivity index (χ0n) is 11.7. The Bertz CT molecular complexity index is 317. The molecule has 0 unspecified atom stereocenters. The standard InChI is InChI=1S/C13H26N2OSi/c1-5-6-7-13-10-14-11-15(13)12-16-8-9-17(2,3)4/h10-11H,5-9,12H2,1-4H3. The number of hydrogen-bond donors (Lipinski definition) is 0. The van der Waals surface area contributed by atoms with E-state index in [-0.39, 0.29) is 0 Å². The molecule has 4 heteroatoms. The van der Waals surface area contributed by atoms with Crippen LogP contribution < -0.4 is 0 Å². The van der Waals surface area contributed by atoms with E-state index in [0.717, 1.165) is 13.0 Å². The topological polar surface area (TPSA) is 27.1 Å². The number of rotatable bonds is 8. The quantitative estimate of drug-likeness (QED) is 0.524. The van der Waals surface area contributed by atoms with E-state index >= 15 is 0 Å². The molecular formula is C13H26N2OSi. The highest BCUT2D eigenvalue weighted by atomic mass is 28.3. The Balaban J connectivity index is 2.29. The fraction of sp³-hybridized carbons (Fsp3) is 0.769. The van der Waals surface area contributed by atoms with Gasteiger partial charge in [-0.1, -0.05) is 33.0 Å². The third-order valence-electron chi connectivity index (χ3n) is 2.81. The van der Waals surface area contributed by atoms with E-state index in [2.05, 4.69) is 36.1 Å². The van der Waals surface area contributed by atoms with Crippen LogP contribution in [0.5, 0.6) is 0 Å². The van der Waals surface area contributed by atoms with E-state index in [9.17, 15) is 0 Å². The molecule has 1 heterocycles. The summed E-state index contributed by atoms with van der Waals surface area (Å²) in [6, 6.07) is 1.23. The lowest BCUT2D eigenvalue weighted by atomic mass is 10.2. The number of ether oxygens (including phenoxy) is 1. The van der Waals surface area contributed by atoms with Crippen LogP contribution in [0.3, 0.4) is 0 Å². The molecule has 0 amide bonds.